The van der Waals surface area contributed by atoms with Crippen LogP contribution in [0.15, 0.2) is 18.2 Å². The number of nitrogens with one attached hydrogen (secondary N) is 1. The molecular formula is C15H22N2O. The summed E-state index contributed by atoms with van der Waals surface area (Å²) in [5.74, 6) is 0.786. The van der Waals surface area contributed by atoms with Crippen LogP contribution in [0.25, 0.3) is 0 Å². The van der Waals surface area contributed by atoms with Gasteiger partial charge in [0, 0.05) is 11.7 Å². The summed E-state index contributed by atoms with van der Waals surface area (Å²) in [6, 6.07) is 5.88. The maximum atomic E-state index is 12.2. The van der Waals surface area contributed by atoms with E-state index in [0.717, 1.165) is 24.3 Å². The summed E-state index contributed by atoms with van der Waals surface area (Å²) in [6.45, 7) is 4.04. The molecule has 18 heavy (non-hydrogen) atoms. The number of benzene rings is 1. The number of nitrogen functional groups attached to an aromatic ring is 1. The highest BCUT2D eigenvalue weighted by Crippen LogP contribution is 2.34. The maximum Gasteiger partial charge on any atom is 0.253 e. The quantitative estimate of drug-likeness (QED) is 0.785. The van der Waals surface area contributed by atoms with Gasteiger partial charge < -0.3 is 11.1 Å². The molecule has 0 saturated heterocycles. The van der Waals surface area contributed by atoms with Gasteiger partial charge in [0.05, 0.1) is 5.56 Å². The second-order valence-corrected chi connectivity index (χ2v) is 5.29. The smallest absolute Gasteiger partial charge is 0.253 e. The number of aryl methyl sites for hydroxylation is 1. The van der Waals surface area contributed by atoms with Crippen molar-refractivity contribution in [1.29, 1.82) is 0 Å². The van der Waals surface area contributed by atoms with Crippen LogP contribution in [0.4, 0.5) is 5.69 Å². The average Bonchev–Trinajstić information content (AvgIpc) is 3.15. The summed E-state index contributed by atoms with van der Waals surface area (Å²) >= 11 is 0. The summed E-state index contributed by atoms with van der Waals surface area (Å²) < 4.78 is 0. The lowest BCUT2D eigenvalue weighted by atomic mass is 10.0. The van der Waals surface area contributed by atoms with Crippen LogP contribution in [-0.2, 0) is 0 Å². The van der Waals surface area contributed by atoms with E-state index < -0.39 is 0 Å². The molecule has 1 saturated carbocycles. The Labute approximate surface area is 109 Å². The molecular weight excluding hydrogens is 224 g/mol. The predicted octanol–water partition coefficient (Wildman–Crippen LogP) is 2.89. The van der Waals surface area contributed by atoms with Crippen molar-refractivity contribution in [2.24, 2.45) is 5.92 Å². The molecule has 0 radical (unpaired) electrons. The van der Waals surface area contributed by atoms with E-state index in [-0.39, 0.29) is 11.9 Å². The zero-order chi connectivity index (χ0) is 13.1. The third-order valence-corrected chi connectivity index (χ3v) is 3.71. The van der Waals surface area contributed by atoms with Crippen molar-refractivity contribution in [3.8, 4) is 0 Å². The average molecular weight is 246 g/mol. The topological polar surface area (TPSA) is 55.1 Å². The second kappa shape index (κ2) is 5.42. The Morgan fingerprint density at radius 2 is 2.22 bits per heavy atom. The second-order valence-electron chi connectivity index (χ2n) is 5.29. The van der Waals surface area contributed by atoms with E-state index in [9.17, 15) is 4.79 Å². The van der Waals surface area contributed by atoms with Crippen molar-refractivity contribution in [3.63, 3.8) is 0 Å². The Morgan fingerprint density at radius 3 is 2.83 bits per heavy atom. The van der Waals surface area contributed by atoms with Crippen molar-refractivity contribution >= 4 is 11.6 Å². The van der Waals surface area contributed by atoms with Crippen LogP contribution in [0.1, 0.15) is 48.5 Å². The first-order chi connectivity index (χ1) is 8.61. The first-order valence-electron chi connectivity index (χ1n) is 6.77. The third kappa shape index (κ3) is 3.03. The van der Waals surface area contributed by atoms with Crippen LogP contribution >= 0.6 is 0 Å². The molecule has 0 aliphatic heterocycles. The highest BCUT2D eigenvalue weighted by Gasteiger charge is 2.26. The molecule has 1 atom stereocenters. The number of para-hydroxylation sites is 1. The first-order valence-corrected chi connectivity index (χ1v) is 6.77. The normalized spacial score (nSPS) is 16.3. The minimum atomic E-state index is -0.0382. The van der Waals surface area contributed by atoms with Gasteiger partial charge >= 0.3 is 0 Å². The number of carbonyl (C=O) groups is 1. The Hall–Kier alpha value is -1.51. The van der Waals surface area contributed by atoms with E-state index >= 15 is 0 Å². The molecule has 1 unspecified atom stereocenters. The van der Waals surface area contributed by atoms with Gasteiger partial charge in [0.2, 0.25) is 0 Å². The number of anilines is 1. The molecule has 1 amide bonds. The van der Waals surface area contributed by atoms with Crippen molar-refractivity contribution in [2.75, 3.05) is 5.73 Å². The van der Waals surface area contributed by atoms with E-state index in [1.54, 1.807) is 6.07 Å². The number of nitrogens with two attached hydrogens (primary N) is 1. The van der Waals surface area contributed by atoms with Crippen LogP contribution in [0, 0.1) is 12.8 Å². The van der Waals surface area contributed by atoms with Crippen LogP contribution < -0.4 is 11.1 Å². The molecule has 0 aromatic heterocycles. The van der Waals surface area contributed by atoms with Crippen LogP contribution in [0.5, 0.6) is 0 Å². The minimum absolute atomic E-state index is 0.0382. The molecule has 3 N–H and O–H groups in total. The number of carbonyl (C=O) groups excluding carboxylic acids is 1. The third-order valence-electron chi connectivity index (χ3n) is 3.71. The lowest BCUT2D eigenvalue weighted by Crippen LogP contribution is -2.35. The van der Waals surface area contributed by atoms with Gasteiger partial charge in [-0.15, -0.1) is 0 Å². The fourth-order valence-electron chi connectivity index (χ4n) is 2.23. The fraction of sp³-hybridized carbons (Fsp3) is 0.533. The molecule has 1 aromatic carbocycles. The summed E-state index contributed by atoms with van der Waals surface area (Å²) in [5, 5.41) is 3.10. The van der Waals surface area contributed by atoms with Crippen molar-refractivity contribution < 1.29 is 4.79 Å². The number of hydrogen-bond acceptors (Lipinski definition) is 2. The van der Waals surface area contributed by atoms with Gasteiger partial charge in [-0.25, -0.2) is 0 Å². The van der Waals surface area contributed by atoms with Crippen molar-refractivity contribution in [3.05, 3.63) is 29.3 Å². The van der Waals surface area contributed by atoms with Crippen molar-refractivity contribution in [1.82, 2.24) is 5.32 Å². The Balaban J connectivity index is 2.03. The zero-order valence-corrected chi connectivity index (χ0v) is 11.2. The molecule has 2 rings (SSSR count). The molecule has 0 heterocycles. The van der Waals surface area contributed by atoms with E-state index in [1.807, 2.05) is 19.1 Å². The Morgan fingerprint density at radius 1 is 1.50 bits per heavy atom. The van der Waals surface area contributed by atoms with E-state index in [4.69, 9.17) is 5.73 Å². The van der Waals surface area contributed by atoms with Gasteiger partial charge in [0.25, 0.3) is 5.91 Å². The maximum absolute atomic E-state index is 12.2. The van der Waals surface area contributed by atoms with Crippen LogP contribution in [0.2, 0.25) is 0 Å². The van der Waals surface area contributed by atoms with Gasteiger partial charge in [-0.05, 0) is 37.3 Å². The van der Waals surface area contributed by atoms with E-state index in [0.29, 0.717) is 11.3 Å². The molecule has 1 aromatic rings. The van der Waals surface area contributed by atoms with Gasteiger partial charge in [-0.1, -0.05) is 31.9 Å². The fourth-order valence-corrected chi connectivity index (χ4v) is 2.23. The summed E-state index contributed by atoms with van der Waals surface area (Å²) in [5.41, 5.74) is 8.10. The standard InChI is InChI=1S/C15H22N2O/c1-3-12(9-11-7-8-11)17-15(18)13-6-4-5-10(2)14(13)16/h4-6,11-12H,3,7-9,16H2,1-2H3,(H,17,18). The number of hydrogen-bond donors (Lipinski definition) is 2. The summed E-state index contributed by atoms with van der Waals surface area (Å²) in [7, 11) is 0. The lowest BCUT2D eigenvalue weighted by Gasteiger charge is -2.17. The lowest BCUT2D eigenvalue weighted by molar-refractivity contribution is 0.0933. The van der Waals surface area contributed by atoms with Gasteiger partial charge in [0.1, 0.15) is 0 Å². The molecule has 1 aliphatic carbocycles. The SMILES string of the molecule is CCC(CC1CC1)NC(=O)c1cccc(C)c1N. The summed E-state index contributed by atoms with van der Waals surface area (Å²) in [4.78, 5) is 12.2. The van der Waals surface area contributed by atoms with E-state index in [2.05, 4.69) is 12.2 Å². The van der Waals surface area contributed by atoms with Gasteiger partial charge in [-0.3, -0.25) is 4.79 Å². The Bertz CT molecular complexity index is 438. The van der Waals surface area contributed by atoms with Crippen LogP contribution in [0.3, 0.4) is 0 Å². The molecule has 3 nitrogen and oxygen atoms in total. The van der Waals surface area contributed by atoms with Crippen LogP contribution in [-0.4, -0.2) is 11.9 Å². The van der Waals surface area contributed by atoms with E-state index in [1.165, 1.54) is 12.8 Å². The largest absolute Gasteiger partial charge is 0.398 e. The molecule has 98 valence electrons. The highest BCUT2D eigenvalue weighted by atomic mass is 16.1. The predicted molar refractivity (Wildman–Crippen MR) is 74.5 cm³/mol. The highest BCUT2D eigenvalue weighted by molar-refractivity contribution is 5.99. The van der Waals surface area contributed by atoms with Gasteiger partial charge in [0.15, 0.2) is 0 Å². The number of rotatable bonds is 5. The molecule has 1 fully saturated rings. The monoisotopic (exact) mass is 246 g/mol. The Kier molecular flexibility index (Phi) is 3.90. The first kappa shape index (κ1) is 12.9. The molecule has 1 aliphatic rings. The summed E-state index contributed by atoms with van der Waals surface area (Å²) in [6.07, 6.45) is 4.72. The number of amides is 1. The minimum Gasteiger partial charge on any atom is -0.398 e. The van der Waals surface area contributed by atoms with Crippen molar-refractivity contribution in [2.45, 2.75) is 45.6 Å². The molecule has 0 spiro atoms. The molecule has 0 bridgehead atoms. The molecule has 3 heteroatoms. The van der Waals surface area contributed by atoms with Gasteiger partial charge in [-0.2, -0.15) is 0 Å². The zero-order valence-electron chi connectivity index (χ0n) is 11.2.